The molecule has 1 fully saturated rings. The summed E-state index contributed by atoms with van der Waals surface area (Å²) >= 11 is 0. The first-order valence-electron chi connectivity index (χ1n) is 17.1. The van der Waals surface area contributed by atoms with Crippen LogP contribution in [0.2, 0.25) is 0 Å². The molecule has 2 heterocycles. The molecule has 6 atom stereocenters. The third-order valence-corrected chi connectivity index (χ3v) is 11.4. The van der Waals surface area contributed by atoms with E-state index in [1.807, 2.05) is 0 Å². The fourth-order valence-electron chi connectivity index (χ4n) is 5.04. The molecule has 1 aliphatic heterocycles. The average molecular weight is 883 g/mol. The minimum absolute atomic E-state index is 0.00608. The Balaban J connectivity index is 1.54. The molecule has 322 valence electrons. The molecular weight excluding hydrogens is 837 g/mol. The highest BCUT2D eigenvalue weighted by Crippen LogP contribution is 2.66. The van der Waals surface area contributed by atoms with Crippen molar-refractivity contribution in [2.75, 3.05) is 45.8 Å². The summed E-state index contributed by atoms with van der Waals surface area (Å²) in [5.41, 5.74) is 5.75. The van der Waals surface area contributed by atoms with Crippen molar-refractivity contribution in [1.82, 2.24) is 14.9 Å². The molecule has 7 N–H and O–H groups in total. The van der Waals surface area contributed by atoms with Crippen molar-refractivity contribution in [2.45, 2.75) is 57.3 Å². The molecule has 58 heavy (non-hydrogen) atoms. The van der Waals surface area contributed by atoms with Crippen LogP contribution in [0, 0.1) is 0 Å². The number of rotatable bonds is 26. The number of carbonyl (C=O) groups excluding carboxylic acids is 3. The second-order valence-electron chi connectivity index (χ2n) is 12.2. The van der Waals surface area contributed by atoms with E-state index in [0.29, 0.717) is 24.2 Å². The first-order valence-corrected chi connectivity index (χ1v) is 21.6. The van der Waals surface area contributed by atoms with E-state index in [0.717, 1.165) is 4.57 Å². The summed E-state index contributed by atoms with van der Waals surface area (Å²) in [6, 6.07) is 6.50. The maximum absolute atomic E-state index is 12.7. The standard InChI is InChI=1S/C32H45N4O19P3/c1-4-14-49-30(20-50-24-11-6-9-22(15-24)25(38)12-5-8-21(2)37)51-19-28(39)34-13-7-10-23-17-36(32(40)35-31(23)33)29-16-26(48-3)27(53-29)18-52-57(44,45)55-58(46,47)54-56(41,42)43/h4,6-7,9-11,15,17,26-27,29-30H,1,5,8,12-14,16,18-20H2,2-3H3,(H,34,39)(H,44,45)(H,46,47)(H2,33,35,40)(H2,41,42,43)/b10-7+/t26?,27-,29?,30?/m0/s1. The molecule has 0 saturated carbocycles. The van der Waals surface area contributed by atoms with Gasteiger partial charge < -0.3 is 59.1 Å². The summed E-state index contributed by atoms with van der Waals surface area (Å²) in [5.74, 6) is -0.456. The monoisotopic (exact) mass is 882 g/mol. The van der Waals surface area contributed by atoms with Gasteiger partial charge in [-0.05, 0) is 25.5 Å². The van der Waals surface area contributed by atoms with Crippen LogP contribution in [0.4, 0.5) is 5.82 Å². The number of phosphoric acid groups is 3. The van der Waals surface area contributed by atoms with Crippen molar-refractivity contribution in [3.8, 4) is 5.75 Å². The minimum Gasteiger partial charge on any atom is -0.488 e. The fraction of sp³-hybridized carbons (Fsp3) is 0.469. The molecule has 1 aliphatic rings. The highest BCUT2D eigenvalue weighted by molar-refractivity contribution is 7.66. The number of methoxy groups -OCH3 is 1. The lowest BCUT2D eigenvalue weighted by Gasteiger charge is -2.20. The van der Waals surface area contributed by atoms with Crippen LogP contribution in [0.15, 0.2) is 54.0 Å². The smallest absolute Gasteiger partial charge is 0.488 e. The predicted molar refractivity (Wildman–Crippen MR) is 201 cm³/mol. The number of aromatic nitrogens is 2. The Hall–Kier alpha value is -3.76. The number of nitrogens with two attached hydrogens (primary N) is 1. The van der Waals surface area contributed by atoms with Gasteiger partial charge in [-0.3, -0.25) is 18.7 Å². The van der Waals surface area contributed by atoms with Crippen LogP contribution in [0.3, 0.4) is 0 Å². The largest absolute Gasteiger partial charge is 0.490 e. The number of ketones is 2. The second kappa shape index (κ2) is 22.6. The fourth-order valence-corrected chi connectivity index (χ4v) is 8.07. The molecule has 2 aromatic rings. The van der Waals surface area contributed by atoms with Crippen molar-refractivity contribution in [3.63, 3.8) is 0 Å². The van der Waals surface area contributed by atoms with Crippen LogP contribution >= 0.6 is 23.5 Å². The molecular formula is C32H45N4O19P3. The maximum Gasteiger partial charge on any atom is 0.490 e. The van der Waals surface area contributed by atoms with Gasteiger partial charge in [0.05, 0.1) is 19.3 Å². The number of hydrogen-bond acceptors (Lipinski definition) is 17. The van der Waals surface area contributed by atoms with E-state index < -0.39 is 73.0 Å². The number of phosphoric ester groups is 1. The van der Waals surface area contributed by atoms with Crippen LogP contribution in [-0.4, -0.2) is 105 Å². The zero-order chi connectivity index (χ0) is 43.1. The summed E-state index contributed by atoms with van der Waals surface area (Å²) in [5, 5.41) is 2.61. The molecule has 1 aromatic carbocycles. The highest BCUT2D eigenvalue weighted by atomic mass is 31.3. The van der Waals surface area contributed by atoms with Gasteiger partial charge in [0.1, 0.15) is 42.9 Å². The lowest BCUT2D eigenvalue weighted by molar-refractivity contribution is -0.162. The normalized spacial score (nSPS) is 19.6. The van der Waals surface area contributed by atoms with E-state index in [2.05, 4.69) is 30.0 Å². The molecule has 26 heteroatoms. The van der Waals surface area contributed by atoms with E-state index in [1.165, 1.54) is 38.5 Å². The number of nitrogens with zero attached hydrogens (tertiary/aromatic N) is 2. The topological polar surface area (TPSA) is 330 Å². The van der Waals surface area contributed by atoms with Crippen molar-refractivity contribution in [2.24, 2.45) is 0 Å². The van der Waals surface area contributed by atoms with Crippen molar-refractivity contribution < 1.29 is 84.5 Å². The third-order valence-electron chi connectivity index (χ3n) is 7.61. The molecule has 0 spiro atoms. The third kappa shape index (κ3) is 17.2. The zero-order valence-corrected chi connectivity index (χ0v) is 33.9. The maximum atomic E-state index is 12.7. The Morgan fingerprint density at radius 2 is 1.86 bits per heavy atom. The predicted octanol–water partition coefficient (Wildman–Crippen LogP) is 2.17. The highest BCUT2D eigenvalue weighted by Gasteiger charge is 2.43. The summed E-state index contributed by atoms with van der Waals surface area (Å²) < 4.78 is 75.6. The van der Waals surface area contributed by atoms with Crippen molar-refractivity contribution in [1.29, 1.82) is 0 Å². The average Bonchev–Trinajstić information content (AvgIpc) is 3.54. The van der Waals surface area contributed by atoms with Crippen LogP contribution in [-0.2, 0) is 55.4 Å². The van der Waals surface area contributed by atoms with Crippen LogP contribution in [0.5, 0.6) is 5.75 Å². The molecule has 1 amide bonds. The summed E-state index contributed by atoms with van der Waals surface area (Å²) in [6.07, 6.45) is 2.58. The summed E-state index contributed by atoms with van der Waals surface area (Å²) in [4.78, 5) is 89.2. The van der Waals surface area contributed by atoms with Gasteiger partial charge in [0, 0.05) is 50.2 Å². The SMILES string of the molecule is C=CCOC(COc1cccc(C(=O)CCCC(C)=O)c1)OCC(=O)NC/C=C/c1cn(C2CC(OC)[C@H](COP(=O)(O)OP(=O)(O)OP(=O)(O)O)O2)c(=O)nc1N. The van der Waals surface area contributed by atoms with E-state index in [4.69, 9.17) is 39.2 Å². The van der Waals surface area contributed by atoms with E-state index >= 15 is 0 Å². The number of benzene rings is 1. The quantitative estimate of drug-likeness (QED) is 0.0341. The molecule has 5 unspecified atom stereocenters. The lowest BCUT2D eigenvalue weighted by atomic mass is 10.0. The van der Waals surface area contributed by atoms with Crippen LogP contribution in [0.1, 0.15) is 54.8 Å². The number of ether oxygens (including phenoxy) is 5. The zero-order valence-electron chi connectivity index (χ0n) is 31.2. The first kappa shape index (κ1) is 48.6. The Morgan fingerprint density at radius 1 is 1.12 bits per heavy atom. The van der Waals surface area contributed by atoms with Gasteiger partial charge in [-0.2, -0.15) is 13.6 Å². The van der Waals surface area contributed by atoms with Gasteiger partial charge in [0.2, 0.25) is 5.91 Å². The molecule has 0 bridgehead atoms. The molecule has 3 rings (SSSR count). The van der Waals surface area contributed by atoms with Gasteiger partial charge in [-0.1, -0.05) is 30.4 Å². The molecule has 1 saturated heterocycles. The number of hydrogen-bond donors (Lipinski definition) is 6. The number of nitrogen functional groups attached to an aromatic ring is 1. The van der Waals surface area contributed by atoms with E-state index in [1.54, 1.807) is 24.3 Å². The molecule has 0 radical (unpaired) electrons. The number of anilines is 1. The van der Waals surface area contributed by atoms with Gasteiger partial charge in [-0.25, -0.2) is 18.5 Å². The van der Waals surface area contributed by atoms with Gasteiger partial charge >= 0.3 is 29.2 Å². The van der Waals surface area contributed by atoms with Crippen molar-refractivity contribution in [3.05, 3.63) is 70.8 Å². The molecule has 0 aliphatic carbocycles. The van der Waals surface area contributed by atoms with Gasteiger partial charge in [0.15, 0.2) is 12.1 Å². The van der Waals surface area contributed by atoms with Gasteiger partial charge in [-0.15, -0.1) is 6.58 Å². The molecule has 23 nitrogen and oxygen atoms in total. The van der Waals surface area contributed by atoms with Crippen molar-refractivity contribution >= 4 is 52.8 Å². The number of Topliss-reactive ketones (excluding diaryl/α,β-unsaturated/α-hetero) is 2. The number of amides is 1. The molecule has 1 aromatic heterocycles. The Kier molecular flexibility index (Phi) is 18.9. The first-order chi connectivity index (χ1) is 27.2. The Bertz CT molecular complexity index is 1990. The van der Waals surface area contributed by atoms with E-state index in [-0.39, 0.29) is 55.5 Å². The van der Waals surface area contributed by atoms with Gasteiger partial charge in [0.25, 0.3) is 0 Å². The van der Waals surface area contributed by atoms with E-state index in [9.17, 15) is 42.7 Å². The number of nitrogens with one attached hydrogen (secondary N) is 1. The Morgan fingerprint density at radius 3 is 2.53 bits per heavy atom. The Labute approximate surface area is 331 Å². The van der Waals surface area contributed by atoms with Crippen LogP contribution in [0.25, 0.3) is 6.08 Å². The van der Waals surface area contributed by atoms with Crippen LogP contribution < -0.4 is 21.5 Å². The summed E-state index contributed by atoms with van der Waals surface area (Å²) in [6.45, 7) is 3.76. The number of carbonyl (C=O) groups is 3. The minimum atomic E-state index is -5.75. The lowest BCUT2D eigenvalue weighted by Crippen LogP contribution is -2.33. The summed E-state index contributed by atoms with van der Waals surface area (Å²) in [7, 11) is -15.5. The second-order valence-corrected chi connectivity index (χ2v) is 16.6.